The SMILES string of the molecule is Cc1cc(S(=O)(=O)N2CCCCCC2CBr)sc1Br. The van der Waals surface area contributed by atoms with Crippen molar-refractivity contribution in [2.24, 2.45) is 0 Å². The van der Waals surface area contributed by atoms with Gasteiger partial charge in [0.1, 0.15) is 4.21 Å². The molecule has 1 fully saturated rings. The van der Waals surface area contributed by atoms with Crippen LogP contribution >= 0.6 is 43.2 Å². The molecule has 0 aromatic carbocycles. The van der Waals surface area contributed by atoms with Gasteiger partial charge in [-0.05, 0) is 47.3 Å². The number of aryl methyl sites for hydroxylation is 1. The zero-order chi connectivity index (χ0) is 14.0. The molecule has 0 radical (unpaired) electrons. The topological polar surface area (TPSA) is 37.4 Å². The number of halogens is 2. The van der Waals surface area contributed by atoms with E-state index in [0.717, 1.165) is 35.0 Å². The molecule has 7 heteroatoms. The lowest BCUT2D eigenvalue weighted by molar-refractivity contribution is 0.348. The molecule has 0 amide bonds. The van der Waals surface area contributed by atoms with Crippen molar-refractivity contribution in [3.63, 3.8) is 0 Å². The van der Waals surface area contributed by atoms with E-state index in [-0.39, 0.29) is 6.04 Å². The maximum Gasteiger partial charge on any atom is 0.252 e. The van der Waals surface area contributed by atoms with Gasteiger partial charge in [-0.25, -0.2) is 8.42 Å². The van der Waals surface area contributed by atoms with Crippen molar-refractivity contribution in [1.29, 1.82) is 0 Å². The third-order valence-corrected chi connectivity index (χ3v) is 8.68. The van der Waals surface area contributed by atoms with E-state index in [4.69, 9.17) is 0 Å². The van der Waals surface area contributed by atoms with Gasteiger partial charge in [0.15, 0.2) is 0 Å². The summed E-state index contributed by atoms with van der Waals surface area (Å²) in [5.41, 5.74) is 0.980. The van der Waals surface area contributed by atoms with E-state index in [0.29, 0.717) is 16.1 Å². The lowest BCUT2D eigenvalue weighted by atomic mass is 10.1. The zero-order valence-electron chi connectivity index (χ0n) is 10.7. The summed E-state index contributed by atoms with van der Waals surface area (Å²) in [6.45, 7) is 2.55. The van der Waals surface area contributed by atoms with Gasteiger partial charge in [-0.15, -0.1) is 11.3 Å². The normalized spacial score (nSPS) is 22.4. The first-order valence-corrected chi connectivity index (χ1v) is 10.5. The van der Waals surface area contributed by atoms with Crippen molar-refractivity contribution in [3.8, 4) is 0 Å². The molecule has 0 saturated carbocycles. The standard InChI is InChI=1S/C12H17Br2NO2S2/c1-9-7-11(18-12(9)14)19(16,17)15-6-4-2-3-5-10(15)8-13/h7,10H,2-6,8H2,1H3. The molecule has 1 aromatic rings. The van der Waals surface area contributed by atoms with Crippen LogP contribution in [0.1, 0.15) is 31.2 Å². The Balaban J connectivity index is 2.35. The monoisotopic (exact) mass is 429 g/mol. The second-order valence-corrected chi connectivity index (χ2v) is 9.93. The Morgan fingerprint density at radius 1 is 1.42 bits per heavy atom. The summed E-state index contributed by atoms with van der Waals surface area (Å²) in [5.74, 6) is 0. The van der Waals surface area contributed by atoms with Crippen LogP contribution in [0.25, 0.3) is 0 Å². The second kappa shape index (κ2) is 6.56. The van der Waals surface area contributed by atoms with Gasteiger partial charge in [-0.1, -0.05) is 28.8 Å². The molecule has 1 saturated heterocycles. The molecule has 0 N–H and O–H groups in total. The highest BCUT2D eigenvalue weighted by atomic mass is 79.9. The Hall–Kier alpha value is 0.570. The van der Waals surface area contributed by atoms with E-state index in [9.17, 15) is 8.42 Å². The van der Waals surface area contributed by atoms with E-state index in [1.54, 1.807) is 10.4 Å². The molecular weight excluding hydrogens is 414 g/mol. The molecular formula is C12H17Br2NO2S2. The van der Waals surface area contributed by atoms with E-state index < -0.39 is 10.0 Å². The van der Waals surface area contributed by atoms with Crippen molar-refractivity contribution >= 4 is 53.2 Å². The molecule has 3 nitrogen and oxygen atoms in total. The highest BCUT2D eigenvalue weighted by Gasteiger charge is 2.33. The highest BCUT2D eigenvalue weighted by molar-refractivity contribution is 9.11. The first-order valence-electron chi connectivity index (χ1n) is 6.30. The number of nitrogens with zero attached hydrogens (tertiary/aromatic N) is 1. The largest absolute Gasteiger partial charge is 0.252 e. The Labute approximate surface area is 135 Å². The van der Waals surface area contributed by atoms with Crippen molar-refractivity contribution in [1.82, 2.24) is 4.31 Å². The number of hydrogen-bond acceptors (Lipinski definition) is 3. The zero-order valence-corrected chi connectivity index (χ0v) is 15.5. The Bertz CT molecular complexity index is 522. The van der Waals surface area contributed by atoms with Crippen LogP contribution in [0.4, 0.5) is 0 Å². The van der Waals surface area contributed by atoms with Crippen molar-refractivity contribution in [2.75, 3.05) is 11.9 Å². The summed E-state index contributed by atoms with van der Waals surface area (Å²) < 4.78 is 28.6. The van der Waals surface area contributed by atoms with Crippen LogP contribution in [0.3, 0.4) is 0 Å². The average Bonchev–Trinajstić information content (AvgIpc) is 2.61. The maximum absolute atomic E-state index is 12.8. The summed E-state index contributed by atoms with van der Waals surface area (Å²) in [5, 5.41) is 0.706. The van der Waals surface area contributed by atoms with Gasteiger partial charge in [0.2, 0.25) is 0 Å². The van der Waals surface area contributed by atoms with Crippen LogP contribution in [-0.4, -0.2) is 30.6 Å². The predicted octanol–water partition coefficient (Wildman–Crippen LogP) is 4.15. The number of rotatable bonds is 3. The third-order valence-electron chi connectivity index (χ3n) is 3.40. The van der Waals surface area contributed by atoms with Crippen LogP contribution in [-0.2, 0) is 10.0 Å². The van der Waals surface area contributed by atoms with E-state index >= 15 is 0 Å². The average molecular weight is 431 g/mol. The molecule has 2 rings (SSSR count). The van der Waals surface area contributed by atoms with Gasteiger partial charge < -0.3 is 0 Å². The number of thiophene rings is 1. The Kier molecular flexibility index (Phi) is 5.50. The summed E-state index contributed by atoms with van der Waals surface area (Å²) in [4.78, 5) is 0. The molecule has 1 aromatic heterocycles. The minimum Gasteiger partial charge on any atom is -0.206 e. The van der Waals surface area contributed by atoms with Crippen molar-refractivity contribution in [3.05, 3.63) is 15.4 Å². The molecule has 19 heavy (non-hydrogen) atoms. The van der Waals surface area contributed by atoms with Gasteiger partial charge in [0, 0.05) is 17.9 Å². The van der Waals surface area contributed by atoms with Gasteiger partial charge in [0.05, 0.1) is 3.79 Å². The van der Waals surface area contributed by atoms with Crippen LogP contribution in [0.15, 0.2) is 14.1 Å². The first-order chi connectivity index (χ1) is 8.96. The minimum absolute atomic E-state index is 0.0775. The number of sulfonamides is 1. The quantitative estimate of drug-likeness (QED) is 0.675. The summed E-state index contributed by atoms with van der Waals surface area (Å²) in [6.07, 6.45) is 4.11. The fourth-order valence-electron chi connectivity index (χ4n) is 2.30. The van der Waals surface area contributed by atoms with Crippen molar-refractivity contribution in [2.45, 2.75) is 42.9 Å². The molecule has 0 spiro atoms. The lowest BCUT2D eigenvalue weighted by Crippen LogP contribution is -2.40. The smallest absolute Gasteiger partial charge is 0.206 e. The fourth-order valence-corrected chi connectivity index (χ4v) is 7.21. The molecule has 0 aliphatic carbocycles. The van der Waals surface area contributed by atoms with Crippen LogP contribution in [0.5, 0.6) is 0 Å². The third kappa shape index (κ3) is 3.43. The molecule has 0 bridgehead atoms. The molecule has 1 atom stereocenters. The van der Waals surface area contributed by atoms with Crippen LogP contribution < -0.4 is 0 Å². The van der Waals surface area contributed by atoms with E-state index in [1.807, 2.05) is 6.92 Å². The highest BCUT2D eigenvalue weighted by Crippen LogP contribution is 2.34. The van der Waals surface area contributed by atoms with Gasteiger partial charge in [-0.2, -0.15) is 4.31 Å². The number of alkyl halides is 1. The minimum atomic E-state index is -3.36. The Morgan fingerprint density at radius 3 is 2.74 bits per heavy atom. The van der Waals surface area contributed by atoms with Crippen molar-refractivity contribution < 1.29 is 8.42 Å². The van der Waals surface area contributed by atoms with Gasteiger partial charge in [-0.3, -0.25) is 0 Å². The Morgan fingerprint density at radius 2 is 2.16 bits per heavy atom. The molecule has 1 aliphatic heterocycles. The summed E-state index contributed by atoms with van der Waals surface area (Å²) >= 11 is 8.17. The molecule has 2 heterocycles. The predicted molar refractivity (Wildman–Crippen MR) is 86.7 cm³/mol. The lowest BCUT2D eigenvalue weighted by Gasteiger charge is -2.27. The maximum atomic E-state index is 12.8. The number of hydrogen-bond donors (Lipinski definition) is 0. The van der Waals surface area contributed by atoms with Gasteiger partial charge >= 0.3 is 0 Å². The first kappa shape index (κ1) is 15.9. The molecule has 108 valence electrons. The van der Waals surface area contributed by atoms with E-state index in [1.165, 1.54) is 11.3 Å². The molecule has 1 aliphatic rings. The van der Waals surface area contributed by atoms with Crippen LogP contribution in [0, 0.1) is 6.92 Å². The fraction of sp³-hybridized carbons (Fsp3) is 0.667. The summed E-state index contributed by atoms with van der Waals surface area (Å²) in [6, 6.07) is 1.84. The van der Waals surface area contributed by atoms with Gasteiger partial charge in [0.25, 0.3) is 10.0 Å². The molecule has 1 unspecified atom stereocenters. The second-order valence-electron chi connectivity index (χ2n) is 4.80. The summed E-state index contributed by atoms with van der Waals surface area (Å²) in [7, 11) is -3.36. The van der Waals surface area contributed by atoms with E-state index in [2.05, 4.69) is 31.9 Å². The van der Waals surface area contributed by atoms with Crippen LogP contribution in [0.2, 0.25) is 0 Å².